The predicted octanol–water partition coefficient (Wildman–Crippen LogP) is 1.72. The molecule has 0 saturated heterocycles. The van der Waals surface area contributed by atoms with Crippen LogP contribution < -0.4 is 11.3 Å². The zero-order valence-electron chi connectivity index (χ0n) is 11.0. The lowest BCUT2D eigenvalue weighted by molar-refractivity contribution is 0.426. The number of benzene rings is 1. The van der Waals surface area contributed by atoms with Gasteiger partial charge in [-0.2, -0.15) is 0 Å². The van der Waals surface area contributed by atoms with Crippen molar-refractivity contribution in [3.05, 3.63) is 65.9 Å². The lowest BCUT2D eigenvalue weighted by Crippen LogP contribution is -2.30. The number of rotatable bonds is 4. The zero-order valence-corrected chi connectivity index (χ0v) is 11.0. The van der Waals surface area contributed by atoms with Crippen LogP contribution in [0.5, 0.6) is 0 Å². The van der Waals surface area contributed by atoms with Crippen molar-refractivity contribution in [2.75, 3.05) is 0 Å². The number of nitrogens with two attached hydrogens (primary N) is 1. The molecule has 2 aromatic heterocycles. The molecule has 0 saturated carbocycles. The van der Waals surface area contributed by atoms with E-state index in [2.05, 4.69) is 15.7 Å². The number of aryl methyl sites for hydroxylation is 1. The molecule has 6 heteroatoms. The van der Waals surface area contributed by atoms with Crippen LogP contribution in [-0.4, -0.2) is 15.0 Å². The predicted molar refractivity (Wildman–Crippen MR) is 74.0 cm³/mol. The quantitative estimate of drug-likeness (QED) is 0.556. The second kappa shape index (κ2) is 5.28. The third kappa shape index (κ3) is 2.22. The van der Waals surface area contributed by atoms with Gasteiger partial charge in [-0.3, -0.25) is 5.84 Å². The Bertz CT molecular complexity index is 688. The van der Waals surface area contributed by atoms with E-state index in [9.17, 15) is 0 Å². The number of para-hydroxylation sites is 1. The van der Waals surface area contributed by atoms with Gasteiger partial charge in [-0.05, 0) is 31.2 Å². The molecule has 0 aliphatic rings. The van der Waals surface area contributed by atoms with Crippen molar-refractivity contribution in [2.24, 2.45) is 5.84 Å². The van der Waals surface area contributed by atoms with Gasteiger partial charge in [-0.1, -0.05) is 23.4 Å². The van der Waals surface area contributed by atoms with Crippen LogP contribution in [0.25, 0.3) is 5.69 Å². The van der Waals surface area contributed by atoms with E-state index in [0.29, 0.717) is 0 Å². The smallest absolute Gasteiger partial charge is 0.128 e. The molecule has 3 rings (SSSR count). The highest BCUT2D eigenvalue weighted by molar-refractivity contribution is 5.33. The summed E-state index contributed by atoms with van der Waals surface area (Å²) in [6.45, 7) is 1.89. The monoisotopic (exact) mass is 269 g/mol. The van der Waals surface area contributed by atoms with E-state index in [0.717, 1.165) is 22.9 Å². The third-order valence-electron chi connectivity index (χ3n) is 3.08. The number of nitrogens with zero attached hydrogens (tertiary/aromatic N) is 3. The Labute approximate surface area is 116 Å². The van der Waals surface area contributed by atoms with Crippen molar-refractivity contribution in [1.82, 2.24) is 20.4 Å². The molecule has 1 unspecified atom stereocenters. The molecule has 0 amide bonds. The van der Waals surface area contributed by atoms with Crippen molar-refractivity contribution < 1.29 is 4.42 Å². The summed E-state index contributed by atoms with van der Waals surface area (Å²) in [5.41, 5.74) is 4.48. The first-order valence-corrected chi connectivity index (χ1v) is 6.28. The maximum absolute atomic E-state index is 5.67. The molecule has 1 atom stereocenters. The van der Waals surface area contributed by atoms with Gasteiger partial charge in [0.1, 0.15) is 17.6 Å². The molecule has 0 fully saturated rings. The molecule has 0 spiro atoms. The Morgan fingerprint density at radius 1 is 1.20 bits per heavy atom. The number of aromatic nitrogens is 3. The average Bonchev–Trinajstić information content (AvgIpc) is 3.11. The van der Waals surface area contributed by atoms with Crippen LogP contribution in [0.4, 0.5) is 0 Å². The van der Waals surface area contributed by atoms with Gasteiger partial charge in [0.05, 0.1) is 17.6 Å². The van der Waals surface area contributed by atoms with Crippen molar-refractivity contribution in [1.29, 1.82) is 0 Å². The Balaban J connectivity index is 2.04. The van der Waals surface area contributed by atoms with Crippen LogP contribution in [0.2, 0.25) is 0 Å². The zero-order chi connectivity index (χ0) is 13.9. The van der Waals surface area contributed by atoms with Gasteiger partial charge in [0, 0.05) is 0 Å². The van der Waals surface area contributed by atoms with Crippen molar-refractivity contribution >= 4 is 0 Å². The second-order valence-corrected chi connectivity index (χ2v) is 4.45. The molecular weight excluding hydrogens is 254 g/mol. The van der Waals surface area contributed by atoms with Gasteiger partial charge in [-0.15, -0.1) is 5.10 Å². The average molecular weight is 269 g/mol. The number of hydrazine groups is 1. The molecule has 0 radical (unpaired) electrons. The van der Waals surface area contributed by atoms with E-state index >= 15 is 0 Å². The van der Waals surface area contributed by atoms with Gasteiger partial charge < -0.3 is 4.42 Å². The molecule has 0 bridgehead atoms. The molecule has 0 aliphatic carbocycles. The largest absolute Gasteiger partial charge is 0.464 e. The van der Waals surface area contributed by atoms with Crippen LogP contribution in [-0.2, 0) is 0 Å². The van der Waals surface area contributed by atoms with Crippen LogP contribution in [0.15, 0.2) is 53.1 Å². The number of hydrogen-bond donors (Lipinski definition) is 2. The lowest BCUT2D eigenvalue weighted by atomic mass is 10.1. The van der Waals surface area contributed by atoms with Gasteiger partial charge in [0.25, 0.3) is 0 Å². The SMILES string of the molecule is Cc1ccc(C(NN)c2cnnn2-c2ccccc2)o1. The van der Waals surface area contributed by atoms with Crippen LogP contribution in [0, 0.1) is 6.92 Å². The van der Waals surface area contributed by atoms with Crippen LogP contribution >= 0.6 is 0 Å². The van der Waals surface area contributed by atoms with E-state index in [1.54, 1.807) is 10.9 Å². The van der Waals surface area contributed by atoms with Gasteiger partial charge in [0.15, 0.2) is 0 Å². The first kappa shape index (κ1) is 12.6. The summed E-state index contributed by atoms with van der Waals surface area (Å²) in [4.78, 5) is 0. The lowest BCUT2D eigenvalue weighted by Gasteiger charge is -2.14. The first-order valence-electron chi connectivity index (χ1n) is 6.28. The van der Waals surface area contributed by atoms with Crippen molar-refractivity contribution in [2.45, 2.75) is 13.0 Å². The topological polar surface area (TPSA) is 81.9 Å². The Morgan fingerprint density at radius 3 is 2.65 bits per heavy atom. The summed E-state index contributed by atoms with van der Waals surface area (Å²) in [6.07, 6.45) is 1.68. The molecule has 3 aromatic rings. The summed E-state index contributed by atoms with van der Waals surface area (Å²) >= 11 is 0. The fourth-order valence-electron chi connectivity index (χ4n) is 2.13. The highest BCUT2D eigenvalue weighted by Crippen LogP contribution is 2.24. The number of hydrogen-bond acceptors (Lipinski definition) is 5. The summed E-state index contributed by atoms with van der Waals surface area (Å²) in [6, 6.07) is 13.2. The van der Waals surface area contributed by atoms with Crippen LogP contribution in [0.1, 0.15) is 23.3 Å². The minimum Gasteiger partial charge on any atom is -0.464 e. The summed E-state index contributed by atoms with van der Waals surface area (Å²) in [5.74, 6) is 7.23. The van der Waals surface area contributed by atoms with Gasteiger partial charge >= 0.3 is 0 Å². The van der Waals surface area contributed by atoms with Gasteiger partial charge in [0.2, 0.25) is 0 Å². The third-order valence-corrected chi connectivity index (χ3v) is 3.08. The van der Waals surface area contributed by atoms with E-state index < -0.39 is 0 Å². The highest BCUT2D eigenvalue weighted by atomic mass is 16.3. The van der Waals surface area contributed by atoms with Crippen molar-refractivity contribution in [3.8, 4) is 5.69 Å². The molecular formula is C14H15N5O. The maximum Gasteiger partial charge on any atom is 0.128 e. The minimum absolute atomic E-state index is 0.307. The first-order chi connectivity index (χ1) is 9.79. The molecule has 3 N–H and O–H groups in total. The fourth-order valence-corrected chi connectivity index (χ4v) is 2.13. The molecule has 20 heavy (non-hydrogen) atoms. The van der Waals surface area contributed by atoms with E-state index in [1.165, 1.54) is 0 Å². The normalized spacial score (nSPS) is 12.5. The summed E-state index contributed by atoms with van der Waals surface area (Å²) in [7, 11) is 0. The minimum atomic E-state index is -0.307. The number of furan rings is 1. The second-order valence-electron chi connectivity index (χ2n) is 4.45. The Hall–Kier alpha value is -2.44. The fraction of sp³-hybridized carbons (Fsp3) is 0.143. The standard InChI is InChI=1S/C14H15N5O/c1-10-7-8-13(20-10)14(17-15)12-9-16-18-19(12)11-5-3-2-4-6-11/h2-9,14,17H,15H2,1H3. The number of nitrogens with one attached hydrogen (secondary N) is 1. The van der Waals surface area contributed by atoms with E-state index in [-0.39, 0.29) is 6.04 Å². The maximum atomic E-state index is 5.67. The molecule has 1 aromatic carbocycles. The van der Waals surface area contributed by atoms with E-state index in [4.69, 9.17) is 10.3 Å². The Kier molecular flexibility index (Phi) is 3.32. The highest BCUT2D eigenvalue weighted by Gasteiger charge is 2.21. The molecule has 6 nitrogen and oxygen atoms in total. The summed E-state index contributed by atoms with van der Waals surface area (Å²) < 4.78 is 7.38. The van der Waals surface area contributed by atoms with Crippen molar-refractivity contribution in [3.63, 3.8) is 0 Å². The van der Waals surface area contributed by atoms with Crippen LogP contribution in [0.3, 0.4) is 0 Å². The molecule has 0 aliphatic heterocycles. The molecule has 2 heterocycles. The molecule has 102 valence electrons. The van der Waals surface area contributed by atoms with Gasteiger partial charge in [-0.25, -0.2) is 10.1 Å². The summed E-state index contributed by atoms with van der Waals surface area (Å²) in [5, 5.41) is 8.09. The Morgan fingerprint density at radius 2 is 2.00 bits per heavy atom. The van der Waals surface area contributed by atoms with E-state index in [1.807, 2.05) is 49.4 Å².